The van der Waals surface area contributed by atoms with E-state index < -0.39 is 0 Å². The van der Waals surface area contributed by atoms with Crippen molar-refractivity contribution in [3.8, 4) is 22.3 Å². The van der Waals surface area contributed by atoms with Crippen LogP contribution < -0.4 is 0 Å². The Morgan fingerprint density at radius 3 is 1.49 bits per heavy atom. The molecule has 10 rings (SSSR count). The van der Waals surface area contributed by atoms with Crippen molar-refractivity contribution in [1.29, 1.82) is 0 Å². The van der Waals surface area contributed by atoms with Gasteiger partial charge in [0.15, 0.2) is 0 Å². The van der Waals surface area contributed by atoms with Gasteiger partial charge in [0.1, 0.15) is 0 Å². The number of fused-ring (bicyclic) bond motifs is 5. The van der Waals surface area contributed by atoms with Crippen LogP contribution in [0, 0.1) is 6.92 Å². The molecule has 0 heterocycles. The van der Waals surface area contributed by atoms with Gasteiger partial charge in [-0.2, -0.15) is 0 Å². The Bertz CT molecular complexity index is 2810. The quantitative estimate of drug-likeness (QED) is 0.144. The van der Waals surface area contributed by atoms with E-state index in [9.17, 15) is 0 Å². The van der Waals surface area contributed by atoms with Crippen molar-refractivity contribution >= 4 is 75.4 Å². The highest BCUT2D eigenvalue weighted by Gasteiger charge is 2.17. The van der Waals surface area contributed by atoms with Crippen LogP contribution >= 0.6 is 0 Å². The zero-order valence-electron chi connectivity index (χ0n) is 24.9. The zero-order chi connectivity index (χ0) is 29.6. The number of hydrogen-bond acceptors (Lipinski definition) is 0. The van der Waals surface area contributed by atoms with Crippen LogP contribution in [0.5, 0.6) is 0 Å². The van der Waals surface area contributed by atoms with Gasteiger partial charge in [-0.25, -0.2) is 0 Å². The Morgan fingerprint density at radius 1 is 0.267 bits per heavy atom. The van der Waals surface area contributed by atoms with Gasteiger partial charge < -0.3 is 0 Å². The Labute approximate surface area is 261 Å². The molecule has 45 heavy (non-hydrogen) atoms. The van der Waals surface area contributed by atoms with E-state index in [-0.39, 0.29) is 0 Å². The minimum atomic E-state index is 1.27. The van der Waals surface area contributed by atoms with E-state index in [1.54, 1.807) is 0 Å². The summed E-state index contributed by atoms with van der Waals surface area (Å²) in [5.74, 6) is 0. The maximum Gasteiger partial charge on any atom is -0.00203 e. The second-order valence-electron chi connectivity index (χ2n) is 12.5. The largest absolute Gasteiger partial charge is 0.0616 e. The molecule has 0 radical (unpaired) electrons. The van der Waals surface area contributed by atoms with Gasteiger partial charge in [0.25, 0.3) is 0 Å². The summed E-state index contributed by atoms with van der Waals surface area (Å²) in [6.07, 6.45) is 0. The summed E-state index contributed by atoms with van der Waals surface area (Å²) < 4.78 is 0. The average Bonchev–Trinajstić information content (AvgIpc) is 3.10. The minimum absolute atomic E-state index is 1.27. The normalized spacial score (nSPS) is 12.1. The van der Waals surface area contributed by atoms with Crippen molar-refractivity contribution in [2.45, 2.75) is 6.92 Å². The van der Waals surface area contributed by atoms with Crippen molar-refractivity contribution in [1.82, 2.24) is 0 Å². The van der Waals surface area contributed by atoms with E-state index in [0.717, 1.165) is 0 Å². The molecule has 0 spiro atoms. The Kier molecular flexibility index (Phi) is 5.02. The topological polar surface area (TPSA) is 0 Å². The van der Waals surface area contributed by atoms with Crippen LogP contribution in [0.1, 0.15) is 5.56 Å². The Balaban J connectivity index is 1.27. The molecule has 0 nitrogen and oxygen atoms in total. The number of hydrogen-bond donors (Lipinski definition) is 0. The van der Waals surface area contributed by atoms with Crippen molar-refractivity contribution < 1.29 is 0 Å². The van der Waals surface area contributed by atoms with Gasteiger partial charge in [-0.3, -0.25) is 0 Å². The lowest BCUT2D eigenvalue weighted by Crippen LogP contribution is -1.91. The van der Waals surface area contributed by atoms with Gasteiger partial charge in [0.05, 0.1) is 0 Å². The molecule has 0 unspecified atom stereocenters. The van der Waals surface area contributed by atoms with Crippen LogP contribution in [0.3, 0.4) is 0 Å². The van der Waals surface area contributed by atoms with Gasteiger partial charge in [0.2, 0.25) is 0 Å². The maximum atomic E-state index is 2.38. The van der Waals surface area contributed by atoms with E-state index >= 15 is 0 Å². The predicted molar refractivity (Wildman–Crippen MR) is 196 cm³/mol. The molecule has 208 valence electrons. The summed E-state index contributed by atoms with van der Waals surface area (Å²) in [5.41, 5.74) is 6.50. The number of rotatable bonds is 2. The van der Waals surface area contributed by atoms with Gasteiger partial charge >= 0.3 is 0 Å². The summed E-state index contributed by atoms with van der Waals surface area (Å²) >= 11 is 0. The van der Waals surface area contributed by atoms with Crippen LogP contribution in [-0.4, -0.2) is 0 Å². The SMILES string of the molecule is Cc1c2ccccc2cc2c1ccc1c(-c3ccc4ccc5c(-c6cccc7ccccc67)ccc6ccc3c4c65)cccc12. The minimum Gasteiger partial charge on any atom is -0.0616 e. The smallest absolute Gasteiger partial charge is 0.00203 e. The predicted octanol–water partition coefficient (Wildman–Crippen LogP) is 12.8. The first-order valence-electron chi connectivity index (χ1n) is 15.8. The van der Waals surface area contributed by atoms with E-state index in [1.807, 2.05) is 0 Å². The molecule has 10 aromatic carbocycles. The number of aryl methyl sites for hydroxylation is 1. The lowest BCUT2D eigenvalue weighted by atomic mass is 9.85. The summed E-state index contributed by atoms with van der Waals surface area (Å²) in [6.45, 7) is 2.26. The average molecular weight is 569 g/mol. The van der Waals surface area contributed by atoms with E-state index in [4.69, 9.17) is 0 Å². The van der Waals surface area contributed by atoms with Crippen molar-refractivity contribution in [2.24, 2.45) is 0 Å². The highest BCUT2D eigenvalue weighted by Crippen LogP contribution is 2.45. The Hall–Kier alpha value is -5.72. The monoisotopic (exact) mass is 568 g/mol. The van der Waals surface area contributed by atoms with Gasteiger partial charge in [-0.15, -0.1) is 0 Å². The highest BCUT2D eigenvalue weighted by molar-refractivity contribution is 6.29. The van der Waals surface area contributed by atoms with Crippen molar-refractivity contribution in [2.75, 3.05) is 0 Å². The molecule has 0 fully saturated rings. The molecule has 0 amide bonds. The second-order valence-corrected chi connectivity index (χ2v) is 12.5. The summed E-state index contributed by atoms with van der Waals surface area (Å²) in [4.78, 5) is 0. The molecule has 0 saturated heterocycles. The van der Waals surface area contributed by atoms with Crippen LogP contribution in [0.4, 0.5) is 0 Å². The first-order chi connectivity index (χ1) is 22.2. The molecule has 0 heteroatoms. The lowest BCUT2D eigenvalue weighted by Gasteiger charge is -2.18. The maximum absolute atomic E-state index is 2.38. The molecule has 0 aliphatic rings. The third kappa shape index (κ3) is 3.43. The van der Waals surface area contributed by atoms with Crippen LogP contribution in [0.15, 0.2) is 152 Å². The molecule has 0 N–H and O–H groups in total. The Morgan fingerprint density at radius 2 is 0.756 bits per heavy atom. The fraction of sp³-hybridized carbons (Fsp3) is 0.0222. The molecular formula is C45H28. The highest BCUT2D eigenvalue weighted by atomic mass is 14.2. The van der Waals surface area contributed by atoms with E-state index in [2.05, 4.69) is 159 Å². The molecule has 0 bridgehead atoms. The fourth-order valence-electron chi connectivity index (χ4n) is 8.09. The van der Waals surface area contributed by atoms with Crippen molar-refractivity contribution in [3.63, 3.8) is 0 Å². The van der Waals surface area contributed by atoms with E-state index in [0.29, 0.717) is 0 Å². The van der Waals surface area contributed by atoms with Gasteiger partial charge in [0, 0.05) is 0 Å². The molecular weight excluding hydrogens is 540 g/mol. The van der Waals surface area contributed by atoms with Gasteiger partial charge in [-0.05, 0) is 116 Å². The number of benzene rings is 10. The van der Waals surface area contributed by atoms with Gasteiger partial charge in [-0.1, -0.05) is 146 Å². The fourth-order valence-corrected chi connectivity index (χ4v) is 8.09. The molecule has 0 atom stereocenters. The van der Waals surface area contributed by atoms with Crippen LogP contribution in [-0.2, 0) is 0 Å². The molecule has 0 aliphatic carbocycles. The lowest BCUT2D eigenvalue weighted by molar-refractivity contribution is 1.59. The molecule has 0 saturated carbocycles. The molecule has 0 aliphatic heterocycles. The molecule has 10 aromatic rings. The molecule has 0 aromatic heterocycles. The van der Waals surface area contributed by atoms with E-state index in [1.165, 1.54) is 103 Å². The first kappa shape index (κ1) is 24.7. The first-order valence-corrected chi connectivity index (χ1v) is 15.8. The third-order valence-electron chi connectivity index (χ3n) is 10.2. The third-order valence-corrected chi connectivity index (χ3v) is 10.2. The zero-order valence-corrected chi connectivity index (χ0v) is 24.9. The van der Waals surface area contributed by atoms with Crippen LogP contribution in [0.25, 0.3) is 97.7 Å². The summed E-state index contributed by atoms with van der Waals surface area (Å²) in [5, 5.41) is 18.3. The second kappa shape index (κ2) is 9.14. The summed E-state index contributed by atoms with van der Waals surface area (Å²) in [7, 11) is 0. The van der Waals surface area contributed by atoms with Crippen LogP contribution in [0.2, 0.25) is 0 Å². The standard InChI is InChI=1S/C45H28/c1-27-32-11-4-3-9-31(32)26-43-33(27)24-25-38-36(14-7-15-37(38)43)40-21-17-30-18-22-41-39(20-16-29-19-23-42(40)45(30)44(29)41)35-13-6-10-28-8-2-5-12-34(28)35/h2-26H,1H3. The van der Waals surface area contributed by atoms with Crippen molar-refractivity contribution in [3.05, 3.63) is 157 Å². The summed E-state index contributed by atoms with van der Waals surface area (Å²) in [6, 6.07) is 56.6.